The van der Waals surface area contributed by atoms with E-state index in [-0.39, 0.29) is 31.8 Å². The van der Waals surface area contributed by atoms with Crippen LogP contribution in [0, 0.1) is 12.8 Å². The third-order valence-electron chi connectivity index (χ3n) is 3.01. The van der Waals surface area contributed by atoms with Crippen molar-refractivity contribution in [2.45, 2.75) is 34.1 Å². The maximum Gasteiger partial charge on any atom is 0.341 e. The first-order chi connectivity index (χ1) is 10.9. The largest absolute Gasteiger partial charge is 0.465 e. The molecule has 0 aliphatic heterocycles. The molecule has 23 heavy (non-hydrogen) atoms. The Hall–Kier alpha value is -2.31. The number of furan rings is 1. The Bertz CT molecular complexity index is 541. The van der Waals surface area contributed by atoms with Crippen molar-refractivity contribution in [3.8, 4) is 0 Å². The first kappa shape index (κ1) is 18.7. The van der Waals surface area contributed by atoms with Crippen molar-refractivity contribution in [3.63, 3.8) is 0 Å². The fraction of sp³-hybridized carbons (Fsp3) is 0.562. The average molecular weight is 326 g/mol. The molecule has 0 radical (unpaired) electrons. The van der Waals surface area contributed by atoms with Gasteiger partial charge in [0.1, 0.15) is 17.1 Å². The second kappa shape index (κ2) is 8.97. The Kier molecular flexibility index (Phi) is 7.31. The highest BCUT2D eigenvalue weighted by molar-refractivity contribution is 5.95. The predicted octanol–water partition coefficient (Wildman–Crippen LogP) is 2.05. The highest BCUT2D eigenvalue weighted by Crippen LogP contribution is 2.20. The lowest BCUT2D eigenvalue weighted by atomic mass is 10.0. The molecule has 1 heterocycles. The lowest BCUT2D eigenvalue weighted by molar-refractivity contribution is -0.161. The molecule has 0 aliphatic rings. The van der Waals surface area contributed by atoms with Crippen molar-refractivity contribution in [1.29, 1.82) is 0 Å². The van der Waals surface area contributed by atoms with Crippen molar-refractivity contribution in [3.05, 3.63) is 23.2 Å². The van der Waals surface area contributed by atoms with Crippen molar-refractivity contribution in [2.75, 3.05) is 19.8 Å². The van der Waals surface area contributed by atoms with Gasteiger partial charge in [-0.3, -0.25) is 9.59 Å². The van der Waals surface area contributed by atoms with Crippen LogP contribution in [-0.2, 0) is 30.2 Å². The molecule has 0 N–H and O–H groups in total. The number of rotatable bonds is 8. The SMILES string of the molecule is CCOC(=O)c1cc(CC(C(=O)OCC)C(=O)OCC)oc1C. The van der Waals surface area contributed by atoms with Gasteiger partial charge in [-0.15, -0.1) is 0 Å². The molecule has 1 aromatic rings. The third kappa shape index (κ3) is 5.12. The number of esters is 3. The van der Waals surface area contributed by atoms with E-state index in [1.54, 1.807) is 27.7 Å². The fourth-order valence-electron chi connectivity index (χ4n) is 2.01. The van der Waals surface area contributed by atoms with Crippen LogP contribution in [0.25, 0.3) is 0 Å². The molecule has 0 bridgehead atoms. The molecular formula is C16H22O7. The summed E-state index contributed by atoms with van der Waals surface area (Å²) in [7, 11) is 0. The third-order valence-corrected chi connectivity index (χ3v) is 3.01. The van der Waals surface area contributed by atoms with Crippen LogP contribution < -0.4 is 0 Å². The van der Waals surface area contributed by atoms with Crippen LogP contribution in [0.15, 0.2) is 10.5 Å². The number of aryl methyl sites for hydroxylation is 1. The molecular weight excluding hydrogens is 304 g/mol. The van der Waals surface area contributed by atoms with Crippen LogP contribution in [0.1, 0.15) is 42.6 Å². The van der Waals surface area contributed by atoms with Gasteiger partial charge in [0.25, 0.3) is 0 Å². The van der Waals surface area contributed by atoms with E-state index < -0.39 is 23.8 Å². The molecule has 0 saturated carbocycles. The Morgan fingerprint density at radius 3 is 2.00 bits per heavy atom. The van der Waals surface area contributed by atoms with Crippen LogP contribution in [0.5, 0.6) is 0 Å². The minimum atomic E-state index is -1.13. The van der Waals surface area contributed by atoms with Crippen LogP contribution >= 0.6 is 0 Å². The highest BCUT2D eigenvalue weighted by atomic mass is 16.6. The second-order valence-corrected chi connectivity index (χ2v) is 4.66. The summed E-state index contributed by atoms with van der Waals surface area (Å²) in [6.07, 6.45) is -0.0437. The Balaban J connectivity index is 2.95. The molecule has 7 nitrogen and oxygen atoms in total. The molecule has 0 atom stereocenters. The molecule has 0 aliphatic carbocycles. The standard InChI is InChI=1S/C16H22O7/c1-5-20-14(17)12-8-11(23-10(12)4)9-13(15(18)21-6-2)16(19)22-7-3/h8,13H,5-7,9H2,1-4H3. The second-order valence-electron chi connectivity index (χ2n) is 4.66. The topological polar surface area (TPSA) is 92.0 Å². The maximum atomic E-state index is 11.9. The van der Waals surface area contributed by atoms with Crippen LogP contribution in [0.3, 0.4) is 0 Å². The Morgan fingerprint density at radius 1 is 1.00 bits per heavy atom. The summed E-state index contributed by atoms with van der Waals surface area (Å²) >= 11 is 0. The van der Waals surface area contributed by atoms with Crippen LogP contribution in [-0.4, -0.2) is 37.7 Å². The number of carbonyl (C=O) groups is 3. The predicted molar refractivity (Wildman–Crippen MR) is 79.9 cm³/mol. The molecule has 0 saturated heterocycles. The summed E-state index contributed by atoms with van der Waals surface area (Å²) in [5.74, 6) is -2.32. The van der Waals surface area contributed by atoms with Gasteiger partial charge in [-0.2, -0.15) is 0 Å². The maximum absolute atomic E-state index is 11.9. The van der Waals surface area contributed by atoms with E-state index in [1.807, 2.05) is 0 Å². The van der Waals surface area contributed by atoms with Crippen LogP contribution in [0.2, 0.25) is 0 Å². The van der Waals surface area contributed by atoms with Gasteiger partial charge in [0.15, 0.2) is 5.92 Å². The summed E-state index contributed by atoms with van der Waals surface area (Å²) in [6.45, 7) is 7.16. The van der Waals surface area contributed by atoms with E-state index in [9.17, 15) is 14.4 Å². The molecule has 0 spiro atoms. The summed E-state index contributed by atoms with van der Waals surface area (Å²) in [4.78, 5) is 35.6. The summed E-state index contributed by atoms with van der Waals surface area (Å²) in [6, 6.07) is 1.47. The smallest absolute Gasteiger partial charge is 0.341 e. The Morgan fingerprint density at radius 2 is 1.52 bits per heavy atom. The number of hydrogen-bond acceptors (Lipinski definition) is 7. The first-order valence-corrected chi connectivity index (χ1v) is 7.54. The number of hydrogen-bond donors (Lipinski definition) is 0. The van der Waals surface area contributed by atoms with Gasteiger partial charge in [-0.1, -0.05) is 0 Å². The van der Waals surface area contributed by atoms with E-state index in [4.69, 9.17) is 18.6 Å². The van der Waals surface area contributed by atoms with E-state index in [1.165, 1.54) is 6.07 Å². The molecule has 7 heteroatoms. The molecule has 0 unspecified atom stereocenters. The Labute approximate surface area is 134 Å². The van der Waals surface area contributed by atoms with Crippen molar-refractivity contribution in [2.24, 2.45) is 5.92 Å². The fourth-order valence-corrected chi connectivity index (χ4v) is 2.01. The van der Waals surface area contributed by atoms with Crippen molar-refractivity contribution < 1.29 is 33.0 Å². The molecule has 128 valence electrons. The molecule has 0 aromatic carbocycles. The van der Waals surface area contributed by atoms with Gasteiger partial charge in [-0.25, -0.2) is 4.79 Å². The average Bonchev–Trinajstić information content (AvgIpc) is 2.86. The minimum Gasteiger partial charge on any atom is -0.465 e. The van der Waals surface area contributed by atoms with Gasteiger partial charge in [-0.05, 0) is 33.8 Å². The van der Waals surface area contributed by atoms with Crippen molar-refractivity contribution in [1.82, 2.24) is 0 Å². The molecule has 0 amide bonds. The minimum absolute atomic E-state index is 0.0437. The molecule has 0 fully saturated rings. The van der Waals surface area contributed by atoms with Gasteiger partial charge in [0.05, 0.1) is 19.8 Å². The summed E-state index contributed by atoms with van der Waals surface area (Å²) < 4.78 is 20.2. The normalized spacial score (nSPS) is 10.5. The lowest BCUT2D eigenvalue weighted by Crippen LogP contribution is -2.29. The molecule has 1 rings (SSSR count). The number of carbonyl (C=O) groups excluding carboxylic acids is 3. The summed E-state index contributed by atoms with van der Waals surface area (Å²) in [5, 5.41) is 0. The first-order valence-electron chi connectivity index (χ1n) is 7.54. The van der Waals surface area contributed by atoms with Gasteiger partial charge < -0.3 is 18.6 Å². The van der Waals surface area contributed by atoms with E-state index in [0.29, 0.717) is 11.5 Å². The van der Waals surface area contributed by atoms with Crippen LogP contribution in [0.4, 0.5) is 0 Å². The van der Waals surface area contributed by atoms with Crippen molar-refractivity contribution >= 4 is 17.9 Å². The van der Waals surface area contributed by atoms with E-state index in [2.05, 4.69) is 0 Å². The highest BCUT2D eigenvalue weighted by Gasteiger charge is 2.31. The zero-order valence-corrected chi connectivity index (χ0v) is 13.8. The van der Waals surface area contributed by atoms with Gasteiger partial charge >= 0.3 is 17.9 Å². The lowest BCUT2D eigenvalue weighted by Gasteiger charge is -2.12. The van der Waals surface area contributed by atoms with E-state index >= 15 is 0 Å². The summed E-state index contributed by atoms with van der Waals surface area (Å²) in [5.41, 5.74) is 0.272. The number of ether oxygens (including phenoxy) is 3. The van der Waals surface area contributed by atoms with E-state index in [0.717, 1.165) is 0 Å². The molecule has 1 aromatic heterocycles. The zero-order chi connectivity index (χ0) is 17.4. The van der Waals surface area contributed by atoms with Gasteiger partial charge in [0, 0.05) is 6.42 Å². The zero-order valence-electron chi connectivity index (χ0n) is 13.8. The van der Waals surface area contributed by atoms with Gasteiger partial charge in [0.2, 0.25) is 0 Å². The quantitative estimate of drug-likeness (QED) is 0.410. The monoisotopic (exact) mass is 326 g/mol.